The Bertz CT molecular complexity index is 1370. The average Bonchev–Trinajstić information content (AvgIpc) is 3.79. The second-order valence-electron chi connectivity index (χ2n) is 10.7. The normalized spacial score (nSPS) is 16.0. The van der Waals surface area contributed by atoms with Crippen LogP contribution >= 0.6 is 0 Å². The van der Waals surface area contributed by atoms with Crippen LogP contribution in [-0.2, 0) is 32.5 Å². The van der Waals surface area contributed by atoms with Gasteiger partial charge in [0.15, 0.2) is 11.8 Å². The van der Waals surface area contributed by atoms with E-state index in [4.69, 9.17) is 4.98 Å². The van der Waals surface area contributed by atoms with E-state index in [1.807, 2.05) is 30.8 Å². The van der Waals surface area contributed by atoms with Gasteiger partial charge in [-0.3, -0.25) is 0 Å². The van der Waals surface area contributed by atoms with E-state index in [0.29, 0.717) is 46.5 Å². The molecule has 0 N–H and O–H groups in total. The standard InChI is InChI=1S/C27H28F6N6/c1-16-35-23-9-20(24(36-25(23)37(16)2)39(12-17-3-4-17)13-18-5-6-18)14-38(15-34)11-19-7-21(26(28,29)30)10-22(8-19)27(31,32)33/h7-10,17-18H,3-6,11-14H2,1-2H3. The van der Waals surface area contributed by atoms with Gasteiger partial charge in [0.05, 0.1) is 24.2 Å². The zero-order chi connectivity index (χ0) is 28.1. The number of fused-ring (bicyclic) bond motifs is 1. The summed E-state index contributed by atoms with van der Waals surface area (Å²) in [6.07, 6.45) is -3.45. The molecule has 2 fully saturated rings. The maximum atomic E-state index is 13.4. The predicted octanol–water partition coefficient (Wildman–Crippen LogP) is 6.42. The number of nitrogens with zero attached hydrogens (tertiary/aromatic N) is 6. The van der Waals surface area contributed by atoms with Gasteiger partial charge in [0.1, 0.15) is 17.2 Å². The number of imidazole rings is 1. The molecular formula is C27H28F6N6. The third-order valence-electron chi connectivity index (χ3n) is 7.30. The molecule has 1 aromatic carbocycles. The Kier molecular flexibility index (Phi) is 6.89. The van der Waals surface area contributed by atoms with Gasteiger partial charge in [-0.2, -0.15) is 31.6 Å². The van der Waals surface area contributed by atoms with Gasteiger partial charge in [-0.05, 0) is 74.3 Å². The maximum Gasteiger partial charge on any atom is 0.416 e. The fourth-order valence-corrected chi connectivity index (χ4v) is 4.78. The molecule has 0 radical (unpaired) electrons. The Balaban J connectivity index is 1.50. The average molecular weight is 551 g/mol. The van der Waals surface area contributed by atoms with Crippen LogP contribution in [0.25, 0.3) is 11.2 Å². The van der Waals surface area contributed by atoms with Crippen LogP contribution in [0.1, 0.15) is 53.8 Å². The van der Waals surface area contributed by atoms with Crippen LogP contribution in [0.15, 0.2) is 24.3 Å². The summed E-state index contributed by atoms with van der Waals surface area (Å²) >= 11 is 0. The number of hydrogen-bond acceptors (Lipinski definition) is 5. The number of aryl methyl sites for hydroxylation is 2. The fourth-order valence-electron chi connectivity index (χ4n) is 4.78. The fraction of sp³-hybridized carbons (Fsp3) is 0.519. The molecule has 2 aromatic heterocycles. The summed E-state index contributed by atoms with van der Waals surface area (Å²) < 4.78 is 82.1. The highest BCUT2D eigenvalue weighted by atomic mass is 19.4. The number of nitriles is 1. The Labute approximate surface area is 221 Å². The Morgan fingerprint density at radius 3 is 1.95 bits per heavy atom. The van der Waals surface area contributed by atoms with E-state index in [1.165, 1.54) is 0 Å². The first-order valence-electron chi connectivity index (χ1n) is 12.8. The van der Waals surface area contributed by atoms with Gasteiger partial charge < -0.3 is 14.4 Å². The lowest BCUT2D eigenvalue weighted by molar-refractivity contribution is -0.143. The Hall–Kier alpha value is -3.49. The summed E-state index contributed by atoms with van der Waals surface area (Å²) in [5.41, 5.74) is -1.11. The number of benzene rings is 1. The first-order chi connectivity index (χ1) is 18.3. The SMILES string of the molecule is Cc1nc2cc(CN(C#N)Cc3cc(C(F)(F)F)cc(C(F)(F)F)c3)c(N(CC3CC3)CC3CC3)nc2n1C. The van der Waals surface area contributed by atoms with Crippen LogP contribution in [0.3, 0.4) is 0 Å². The highest BCUT2D eigenvalue weighted by molar-refractivity contribution is 5.76. The molecule has 0 aliphatic heterocycles. The minimum Gasteiger partial charge on any atom is -0.356 e. The van der Waals surface area contributed by atoms with Crippen molar-refractivity contribution in [2.24, 2.45) is 18.9 Å². The summed E-state index contributed by atoms with van der Waals surface area (Å²) in [4.78, 5) is 12.9. The van der Waals surface area contributed by atoms with Crippen molar-refractivity contribution in [1.29, 1.82) is 5.26 Å². The van der Waals surface area contributed by atoms with Gasteiger partial charge in [0, 0.05) is 25.7 Å². The number of aromatic nitrogens is 3. The molecule has 0 bridgehead atoms. The summed E-state index contributed by atoms with van der Waals surface area (Å²) in [6.45, 7) is 3.02. The maximum absolute atomic E-state index is 13.4. The molecule has 0 saturated heterocycles. The Morgan fingerprint density at radius 1 is 0.897 bits per heavy atom. The molecule has 2 aliphatic rings. The largest absolute Gasteiger partial charge is 0.416 e. The third kappa shape index (κ3) is 6.23. The molecule has 0 unspecified atom stereocenters. The van der Waals surface area contributed by atoms with Crippen LogP contribution in [-0.4, -0.2) is 32.5 Å². The first-order valence-corrected chi connectivity index (χ1v) is 12.8. The molecule has 12 heteroatoms. The van der Waals surface area contributed by atoms with Crippen molar-refractivity contribution in [3.63, 3.8) is 0 Å². The van der Waals surface area contributed by atoms with Crippen molar-refractivity contribution in [2.75, 3.05) is 18.0 Å². The molecule has 208 valence electrons. The van der Waals surface area contributed by atoms with E-state index >= 15 is 0 Å². The number of anilines is 1. The third-order valence-corrected chi connectivity index (χ3v) is 7.30. The van der Waals surface area contributed by atoms with Crippen LogP contribution in [0.2, 0.25) is 0 Å². The topological polar surface area (TPSA) is 61.0 Å². The summed E-state index contributed by atoms with van der Waals surface area (Å²) in [5, 5.41) is 9.89. The van der Waals surface area contributed by atoms with E-state index < -0.39 is 30.0 Å². The van der Waals surface area contributed by atoms with E-state index in [9.17, 15) is 31.6 Å². The lowest BCUT2D eigenvalue weighted by Crippen LogP contribution is -2.31. The zero-order valence-electron chi connectivity index (χ0n) is 21.6. The van der Waals surface area contributed by atoms with Gasteiger partial charge >= 0.3 is 12.4 Å². The second kappa shape index (κ2) is 9.92. The molecule has 6 nitrogen and oxygen atoms in total. The van der Waals surface area contributed by atoms with Crippen molar-refractivity contribution in [3.05, 3.63) is 52.3 Å². The molecule has 0 atom stereocenters. The Morgan fingerprint density at radius 2 is 1.46 bits per heavy atom. The molecule has 2 aliphatic carbocycles. The zero-order valence-corrected chi connectivity index (χ0v) is 21.6. The number of alkyl halides is 6. The van der Waals surface area contributed by atoms with Gasteiger partial charge in [-0.15, -0.1) is 0 Å². The monoisotopic (exact) mass is 550 g/mol. The number of hydrogen-bond donors (Lipinski definition) is 0. The number of pyridine rings is 1. The van der Waals surface area contributed by atoms with Crippen molar-refractivity contribution in [3.8, 4) is 6.19 Å². The lowest BCUT2D eigenvalue weighted by atomic mass is 10.0. The molecule has 3 aromatic rings. The van der Waals surface area contributed by atoms with Crippen molar-refractivity contribution in [2.45, 2.75) is 58.0 Å². The number of halogens is 6. The van der Waals surface area contributed by atoms with Gasteiger partial charge in [-0.25, -0.2) is 9.97 Å². The molecule has 5 rings (SSSR count). The summed E-state index contributed by atoms with van der Waals surface area (Å²) in [5.74, 6) is 2.54. The highest BCUT2D eigenvalue weighted by Gasteiger charge is 2.37. The second-order valence-corrected chi connectivity index (χ2v) is 10.7. The molecular weight excluding hydrogens is 522 g/mol. The van der Waals surface area contributed by atoms with Crippen LogP contribution in [0.5, 0.6) is 0 Å². The highest BCUT2D eigenvalue weighted by Crippen LogP contribution is 2.38. The molecule has 0 spiro atoms. The number of rotatable bonds is 9. The molecule has 2 heterocycles. The predicted molar refractivity (Wildman–Crippen MR) is 132 cm³/mol. The molecule has 0 amide bonds. The van der Waals surface area contributed by atoms with Crippen molar-refractivity contribution < 1.29 is 26.3 Å². The van der Waals surface area contributed by atoms with Crippen LogP contribution in [0.4, 0.5) is 32.2 Å². The van der Waals surface area contributed by atoms with Crippen molar-refractivity contribution >= 4 is 17.0 Å². The van der Waals surface area contributed by atoms with Gasteiger partial charge in [-0.1, -0.05) is 0 Å². The summed E-state index contributed by atoms with van der Waals surface area (Å²) in [6, 6.07) is 3.25. The van der Waals surface area contributed by atoms with Gasteiger partial charge in [0.25, 0.3) is 0 Å². The minimum absolute atomic E-state index is 0.0339. The van der Waals surface area contributed by atoms with E-state index in [2.05, 4.69) is 9.88 Å². The van der Waals surface area contributed by atoms with Crippen LogP contribution in [0, 0.1) is 30.2 Å². The lowest BCUT2D eigenvalue weighted by Gasteiger charge is -2.27. The van der Waals surface area contributed by atoms with Crippen molar-refractivity contribution in [1.82, 2.24) is 19.4 Å². The first kappa shape index (κ1) is 27.1. The molecule has 39 heavy (non-hydrogen) atoms. The van der Waals surface area contributed by atoms with Gasteiger partial charge in [0.2, 0.25) is 0 Å². The van der Waals surface area contributed by atoms with Crippen LogP contribution < -0.4 is 4.90 Å². The quantitative estimate of drug-likeness (QED) is 0.175. The summed E-state index contributed by atoms with van der Waals surface area (Å²) in [7, 11) is 1.86. The van der Waals surface area contributed by atoms with E-state index in [-0.39, 0.29) is 18.2 Å². The van der Waals surface area contributed by atoms with E-state index in [0.717, 1.165) is 49.5 Å². The minimum atomic E-state index is -4.96. The smallest absolute Gasteiger partial charge is 0.356 e. The molecule has 2 saturated carbocycles. The van der Waals surface area contributed by atoms with E-state index in [1.54, 1.807) is 0 Å².